The number of rotatable bonds is 7. The predicted octanol–water partition coefficient (Wildman–Crippen LogP) is 2.54. The quantitative estimate of drug-likeness (QED) is 0.619. The van der Waals surface area contributed by atoms with E-state index in [2.05, 4.69) is 5.32 Å². The lowest BCUT2D eigenvalue weighted by Gasteiger charge is -2.13. The van der Waals surface area contributed by atoms with Crippen molar-refractivity contribution < 1.29 is 23.5 Å². The zero-order chi connectivity index (χ0) is 18.2. The van der Waals surface area contributed by atoms with Gasteiger partial charge in [0.2, 0.25) is 0 Å². The lowest BCUT2D eigenvalue weighted by molar-refractivity contribution is -0.129. The van der Waals surface area contributed by atoms with Gasteiger partial charge < -0.3 is 10.1 Å². The monoisotopic (exact) mass is 343 g/mol. The van der Waals surface area contributed by atoms with Gasteiger partial charge in [0.25, 0.3) is 5.91 Å². The molecule has 0 heterocycles. The van der Waals surface area contributed by atoms with Crippen LogP contribution in [0.5, 0.6) is 0 Å². The molecule has 1 atom stereocenters. The summed E-state index contributed by atoms with van der Waals surface area (Å²) in [6, 6.07) is 11.9. The van der Waals surface area contributed by atoms with Gasteiger partial charge in [-0.25, -0.2) is 9.18 Å². The number of hydrogen-bond donors (Lipinski definition) is 1. The van der Waals surface area contributed by atoms with E-state index in [1.54, 1.807) is 12.1 Å². The number of carbonyl (C=O) groups is 3. The number of benzene rings is 2. The van der Waals surface area contributed by atoms with Crippen LogP contribution in [-0.4, -0.2) is 30.8 Å². The number of halogens is 1. The third-order valence-corrected chi connectivity index (χ3v) is 3.56. The number of aldehydes is 1. The van der Waals surface area contributed by atoms with Crippen molar-refractivity contribution in [2.75, 3.05) is 6.54 Å². The SMILES string of the molecule is C[C@H](OC(=O)c1ccc(C=O)cc1)C(=O)NCCc1ccc(F)cc1. The minimum absolute atomic E-state index is 0.261. The molecule has 0 unspecified atom stereocenters. The van der Waals surface area contributed by atoms with E-state index in [9.17, 15) is 18.8 Å². The second kappa shape index (κ2) is 8.73. The van der Waals surface area contributed by atoms with Crippen LogP contribution in [0, 0.1) is 5.82 Å². The summed E-state index contributed by atoms with van der Waals surface area (Å²) in [5.74, 6) is -1.37. The van der Waals surface area contributed by atoms with Crippen LogP contribution < -0.4 is 5.32 Å². The highest BCUT2D eigenvalue weighted by Crippen LogP contribution is 2.07. The topological polar surface area (TPSA) is 72.5 Å². The Morgan fingerprint density at radius 1 is 1.12 bits per heavy atom. The van der Waals surface area contributed by atoms with Crippen molar-refractivity contribution >= 4 is 18.2 Å². The fourth-order valence-electron chi connectivity index (χ4n) is 2.10. The fourth-order valence-corrected chi connectivity index (χ4v) is 2.10. The molecule has 0 aromatic heterocycles. The Bertz CT molecular complexity index is 741. The van der Waals surface area contributed by atoms with E-state index in [-0.39, 0.29) is 11.4 Å². The van der Waals surface area contributed by atoms with Crippen LogP contribution in [0.1, 0.15) is 33.2 Å². The third kappa shape index (κ3) is 5.53. The molecule has 2 rings (SSSR count). The molecular weight excluding hydrogens is 325 g/mol. The van der Waals surface area contributed by atoms with Crippen molar-refractivity contribution in [3.8, 4) is 0 Å². The van der Waals surface area contributed by atoms with Crippen molar-refractivity contribution in [1.82, 2.24) is 5.32 Å². The molecule has 5 nitrogen and oxygen atoms in total. The van der Waals surface area contributed by atoms with Gasteiger partial charge in [-0.15, -0.1) is 0 Å². The molecule has 0 bridgehead atoms. The van der Waals surface area contributed by atoms with Crippen LogP contribution in [-0.2, 0) is 16.0 Å². The molecule has 6 heteroatoms. The van der Waals surface area contributed by atoms with Crippen LogP contribution in [0.15, 0.2) is 48.5 Å². The first kappa shape index (κ1) is 18.3. The Balaban J connectivity index is 1.79. The molecule has 0 aliphatic heterocycles. The van der Waals surface area contributed by atoms with Crippen LogP contribution in [0.25, 0.3) is 0 Å². The highest BCUT2D eigenvalue weighted by molar-refractivity contribution is 5.92. The van der Waals surface area contributed by atoms with Crippen LogP contribution >= 0.6 is 0 Å². The predicted molar refractivity (Wildman–Crippen MR) is 89.8 cm³/mol. The molecule has 2 aromatic carbocycles. The molecule has 2 aromatic rings. The highest BCUT2D eigenvalue weighted by Gasteiger charge is 2.18. The number of hydrogen-bond acceptors (Lipinski definition) is 4. The number of carbonyl (C=O) groups excluding carboxylic acids is 3. The van der Waals surface area contributed by atoms with Crippen molar-refractivity contribution in [3.05, 3.63) is 71.0 Å². The van der Waals surface area contributed by atoms with Gasteiger partial charge in [-0.2, -0.15) is 0 Å². The maximum Gasteiger partial charge on any atom is 0.338 e. The first-order valence-electron chi connectivity index (χ1n) is 7.78. The van der Waals surface area contributed by atoms with E-state index < -0.39 is 18.0 Å². The molecule has 0 saturated carbocycles. The maximum atomic E-state index is 12.8. The van der Waals surface area contributed by atoms with E-state index in [0.29, 0.717) is 24.8 Å². The zero-order valence-corrected chi connectivity index (χ0v) is 13.7. The molecule has 25 heavy (non-hydrogen) atoms. The molecule has 0 aliphatic carbocycles. The van der Waals surface area contributed by atoms with E-state index in [4.69, 9.17) is 4.74 Å². The van der Waals surface area contributed by atoms with E-state index in [0.717, 1.165) is 5.56 Å². The Labute approximate surface area is 144 Å². The van der Waals surface area contributed by atoms with Crippen molar-refractivity contribution in [3.63, 3.8) is 0 Å². The second-order valence-corrected chi connectivity index (χ2v) is 5.45. The smallest absolute Gasteiger partial charge is 0.338 e. The van der Waals surface area contributed by atoms with Gasteiger partial charge in [0, 0.05) is 12.1 Å². The first-order chi connectivity index (χ1) is 12.0. The van der Waals surface area contributed by atoms with E-state index >= 15 is 0 Å². The van der Waals surface area contributed by atoms with Gasteiger partial charge in [-0.05, 0) is 43.2 Å². The van der Waals surface area contributed by atoms with Gasteiger partial charge in [0.15, 0.2) is 6.10 Å². The summed E-state index contributed by atoms with van der Waals surface area (Å²) in [6.45, 7) is 1.82. The van der Waals surface area contributed by atoms with Crippen LogP contribution in [0.2, 0.25) is 0 Å². The van der Waals surface area contributed by atoms with Gasteiger partial charge in [-0.1, -0.05) is 24.3 Å². The number of ether oxygens (including phenoxy) is 1. The second-order valence-electron chi connectivity index (χ2n) is 5.45. The van der Waals surface area contributed by atoms with Crippen LogP contribution in [0.4, 0.5) is 4.39 Å². The lowest BCUT2D eigenvalue weighted by Crippen LogP contribution is -2.36. The minimum Gasteiger partial charge on any atom is -0.449 e. The summed E-state index contributed by atoms with van der Waals surface area (Å²) in [6.07, 6.45) is 0.262. The summed E-state index contributed by atoms with van der Waals surface area (Å²) in [4.78, 5) is 34.5. The minimum atomic E-state index is -0.952. The molecule has 1 amide bonds. The Morgan fingerprint density at radius 3 is 2.36 bits per heavy atom. The fraction of sp³-hybridized carbons (Fsp3) is 0.211. The summed E-state index contributed by atoms with van der Waals surface area (Å²) in [5, 5.41) is 2.66. The summed E-state index contributed by atoms with van der Waals surface area (Å²) in [5.41, 5.74) is 1.60. The summed E-state index contributed by atoms with van der Waals surface area (Å²) < 4.78 is 17.9. The highest BCUT2D eigenvalue weighted by atomic mass is 19.1. The average Bonchev–Trinajstić information content (AvgIpc) is 2.63. The van der Waals surface area contributed by atoms with Crippen molar-refractivity contribution in [2.24, 2.45) is 0 Å². The van der Waals surface area contributed by atoms with Crippen LogP contribution in [0.3, 0.4) is 0 Å². The summed E-state index contributed by atoms with van der Waals surface area (Å²) in [7, 11) is 0. The van der Waals surface area contributed by atoms with E-state index in [1.807, 2.05) is 0 Å². The van der Waals surface area contributed by atoms with Gasteiger partial charge in [-0.3, -0.25) is 9.59 Å². The average molecular weight is 343 g/mol. The number of nitrogens with one attached hydrogen (secondary N) is 1. The summed E-state index contributed by atoms with van der Waals surface area (Å²) >= 11 is 0. The lowest BCUT2D eigenvalue weighted by atomic mass is 10.1. The third-order valence-electron chi connectivity index (χ3n) is 3.56. The standard InChI is InChI=1S/C19H18FNO4/c1-13(25-19(24)16-6-2-15(12-22)3-7-16)18(23)21-11-10-14-4-8-17(20)9-5-14/h2-9,12-13H,10-11H2,1H3,(H,21,23)/t13-/m0/s1. The van der Waals surface area contributed by atoms with Crippen molar-refractivity contribution in [1.29, 1.82) is 0 Å². The molecule has 0 spiro atoms. The van der Waals surface area contributed by atoms with Gasteiger partial charge >= 0.3 is 5.97 Å². The molecule has 0 aliphatic rings. The van der Waals surface area contributed by atoms with Gasteiger partial charge in [0.05, 0.1) is 5.56 Å². The van der Waals surface area contributed by atoms with Crippen molar-refractivity contribution in [2.45, 2.75) is 19.4 Å². The van der Waals surface area contributed by atoms with Gasteiger partial charge in [0.1, 0.15) is 12.1 Å². The number of esters is 1. The first-order valence-corrected chi connectivity index (χ1v) is 7.78. The van der Waals surface area contributed by atoms with E-state index in [1.165, 1.54) is 43.3 Å². The molecule has 0 saturated heterocycles. The Morgan fingerprint density at radius 2 is 1.76 bits per heavy atom. The Hall–Kier alpha value is -3.02. The normalized spacial score (nSPS) is 11.4. The molecule has 1 N–H and O–H groups in total. The molecular formula is C19H18FNO4. The number of amides is 1. The zero-order valence-electron chi connectivity index (χ0n) is 13.7. The largest absolute Gasteiger partial charge is 0.449 e. The molecule has 130 valence electrons. The molecule has 0 fully saturated rings. The molecule has 0 radical (unpaired) electrons. The maximum absolute atomic E-state index is 12.8. The Kier molecular flexibility index (Phi) is 6.39.